The maximum Gasteiger partial charge on any atom is 0.322 e. The van der Waals surface area contributed by atoms with E-state index in [9.17, 15) is 4.79 Å². The zero-order valence-corrected chi connectivity index (χ0v) is 16.3. The molecule has 0 fully saturated rings. The summed E-state index contributed by atoms with van der Waals surface area (Å²) in [7, 11) is 0. The number of nitrogens with zero attached hydrogens (tertiary/aromatic N) is 2. The van der Waals surface area contributed by atoms with Gasteiger partial charge in [-0.2, -0.15) is 0 Å². The number of para-hydroxylation sites is 2. The van der Waals surface area contributed by atoms with Crippen LogP contribution in [0.5, 0.6) is 5.75 Å². The lowest BCUT2D eigenvalue weighted by Gasteiger charge is -2.37. The quantitative estimate of drug-likeness (QED) is 0.710. The second-order valence-electron chi connectivity index (χ2n) is 6.99. The molecule has 2 heterocycles. The number of hydrogen-bond acceptors (Lipinski definition) is 2. The molecular formula is C23H25N3O2. The Morgan fingerprint density at radius 2 is 1.86 bits per heavy atom. The summed E-state index contributed by atoms with van der Waals surface area (Å²) in [6.07, 6.45) is 2.08. The highest BCUT2D eigenvalue weighted by molar-refractivity contribution is 5.91. The summed E-state index contributed by atoms with van der Waals surface area (Å²) in [6.45, 7) is 5.98. The van der Waals surface area contributed by atoms with Crippen LogP contribution in [0, 0.1) is 6.92 Å². The molecule has 0 bridgehead atoms. The monoisotopic (exact) mass is 375 g/mol. The molecule has 1 aliphatic rings. The first-order valence-electron chi connectivity index (χ1n) is 9.68. The number of anilines is 1. The van der Waals surface area contributed by atoms with E-state index in [-0.39, 0.29) is 12.1 Å². The Morgan fingerprint density at radius 3 is 2.64 bits per heavy atom. The molecule has 1 aliphatic heterocycles. The van der Waals surface area contributed by atoms with Gasteiger partial charge >= 0.3 is 6.03 Å². The van der Waals surface area contributed by atoms with Crippen molar-refractivity contribution in [2.75, 3.05) is 18.5 Å². The van der Waals surface area contributed by atoms with Crippen LogP contribution in [0.15, 0.2) is 66.9 Å². The highest BCUT2D eigenvalue weighted by Crippen LogP contribution is 2.33. The van der Waals surface area contributed by atoms with Crippen molar-refractivity contribution in [2.45, 2.75) is 26.4 Å². The van der Waals surface area contributed by atoms with Crippen molar-refractivity contribution in [3.05, 3.63) is 83.7 Å². The van der Waals surface area contributed by atoms with E-state index >= 15 is 0 Å². The molecule has 0 spiro atoms. The number of aromatic nitrogens is 1. The van der Waals surface area contributed by atoms with Crippen LogP contribution >= 0.6 is 0 Å². The predicted octanol–water partition coefficient (Wildman–Crippen LogP) is 4.83. The number of ether oxygens (including phenoxy) is 1. The summed E-state index contributed by atoms with van der Waals surface area (Å²) in [5.41, 5.74) is 4.14. The summed E-state index contributed by atoms with van der Waals surface area (Å²) in [4.78, 5) is 15.2. The van der Waals surface area contributed by atoms with Crippen molar-refractivity contribution in [3.63, 3.8) is 0 Å². The first kappa shape index (κ1) is 18.2. The van der Waals surface area contributed by atoms with E-state index in [4.69, 9.17) is 4.74 Å². The number of urea groups is 1. The van der Waals surface area contributed by atoms with Crippen LogP contribution in [-0.4, -0.2) is 28.6 Å². The molecule has 0 aliphatic carbocycles. The molecule has 1 aromatic heterocycles. The van der Waals surface area contributed by atoms with E-state index in [1.807, 2.05) is 42.2 Å². The molecule has 1 atom stereocenters. The standard InChI is InChI=1S/C23H25N3O2/c1-3-28-21-9-5-4-7-19(21)24-23(27)26-16-15-25-14-6-8-20(25)22(26)18-12-10-17(2)11-13-18/h4-14,22H,3,15-16H2,1-2H3,(H,24,27). The van der Waals surface area contributed by atoms with Crippen molar-refractivity contribution in [1.82, 2.24) is 9.47 Å². The number of benzene rings is 2. The van der Waals surface area contributed by atoms with Crippen molar-refractivity contribution in [2.24, 2.45) is 0 Å². The minimum Gasteiger partial charge on any atom is -0.492 e. The predicted molar refractivity (Wildman–Crippen MR) is 111 cm³/mol. The summed E-state index contributed by atoms with van der Waals surface area (Å²) in [5, 5.41) is 3.05. The first-order chi connectivity index (χ1) is 13.7. The fourth-order valence-electron chi connectivity index (χ4n) is 3.74. The highest BCUT2D eigenvalue weighted by atomic mass is 16.5. The minimum absolute atomic E-state index is 0.120. The van der Waals surface area contributed by atoms with E-state index in [1.165, 1.54) is 5.56 Å². The average Bonchev–Trinajstić information content (AvgIpc) is 3.18. The molecule has 0 radical (unpaired) electrons. The van der Waals surface area contributed by atoms with Gasteiger partial charge in [0.1, 0.15) is 5.75 Å². The van der Waals surface area contributed by atoms with Gasteiger partial charge < -0.3 is 19.5 Å². The number of nitrogens with one attached hydrogen (secondary N) is 1. The Labute approximate surface area is 165 Å². The third kappa shape index (κ3) is 3.48. The third-order valence-corrected chi connectivity index (χ3v) is 5.12. The minimum atomic E-state index is -0.122. The van der Waals surface area contributed by atoms with Crippen LogP contribution in [0.1, 0.15) is 29.8 Å². The van der Waals surface area contributed by atoms with E-state index in [2.05, 4.69) is 53.3 Å². The zero-order chi connectivity index (χ0) is 19.5. The van der Waals surface area contributed by atoms with Gasteiger partial charge in [-0.15, -0.1) is 0 Å². The van der Waals surface area contributed by atoms with Crippen molar-refractivity contribution < 1.29 is 9.53 Å². The number of carbonyl (C=O) groups is 1. The Hall–Kier alpha value is -3.21. The molecule has 2 aromatic carbocycles. The van der Waals surface area contributed by atoms with Crippen LogP contribution in [-0.2, 0) is 6.54 Å². The molecule has 5 heteroatoms. The van der Waals surface area contributed by atoms with Gasteiger partial charge in [-0.3, -0.25) is 0 Å². The Morgan fingerprint density at radius 1 is 1.07 bits per heavy atom. The van der Waals surface area contributed by atoms with Crippen LogP contribution in [0.25, 0.3) is 0 Å². The lowest BCUT2D eigenvalue weighted by Crippen LogP contribution is -2.44. The van der Waals surface area contributed by atoms with Crippen LogP contribution < -0.4 is 10.1 Å². The summed E-state index contributed by atoms with van der Waals surface area (Å²) in [6, 6.07) is 19.9. The number of rotatable bonds is 4. The second kappa shape index (κ2) is 7.80. The van der Waals surface area contributed by atoms with E-state index in [0.717, 1.165) is 17.8 Å². The number of carbonyl (C=O) groups excluding carboxylic acids is 1. The van der Waals surface area contributed by atoms with Crippen LogP contribution in [0.4, 0.5) is 10.5 Å². The van der Waals surface area contributed by atoms with Gasteiger partial charge in [0.15, 0.2) is 0 Å². The van der Waals surface area contributed by atoms with E-state index < -0.39 is 0 Å². The molecule has 2 amide bonds. The normalized spacial score (nSPS) is 15.8. The fourth-order valence-corrected chi connectivity index (χ4v) is 3.74. The molecule has 0 saturated heterocycles. The number of aryl methyl sites for hydroxylation is 1. The molecule has 144 valence electrons. The van der Waals surface area contributed by atoms with E-state index in [0.29, 0.717) is 24.6 Å². The molecule has 28 heavy (non-hydrogen) atoms. The summed E-state index contributed by atoms with van der Waals surface area (Å²) < 4.78 is 7.88. The molecule has 4 rings (SSSR count). The lowest BCUT2D eigenvalue weighted by atomic mass is 9.99. The Bertz CT molecular complexity index is 962. The molecule has 1 N–H and O–H groups in total. The molecule has 1 unspecified atom stereocenters. The smallest absolute Gasteiger partial charge is 0.322 e. The maximum absolute atomic E-state index is 13.3. The molecule has 5 nitrogen and oxygen atoms in total. The number of hydrogen-bond donors (Lipinski definition) is 1. The SMILES string of the molecule is CCOc1ccccc1NC(=O)N1CCn2cccc2C1c1ccc(C)cc1. The molecular weight excluding hydrogens is 350 g/mol. The lowest BCUT2D eigenvalue weighted by molar-refractivity contribution is 0.181. The van der Waals surface area contributed by atoms with Crippen molar-refractivity contribution >= 4 is 11.7 Å². The Kier molecular flexibility index (Phi) is 5.06. The van der Waals surface area contributed by atoms with Gasteiger partial charge in [-0.05, 0) is 43.7 Å². The fraction of sp³-hybridized carbons (Fsp3) is 0.261. The van der Waals surface area contributed by atoms with Gasteiger partial charge in [0.25, 0.3) is 0 Å². The summed E-state index contributed by atoms with van der Waals surface area (Å²) >= 11 is 0. The maximum atomic E-state index is 13.3. The second-order valence-corrected chi connectivity index (χ2v) is 6.99. The topological polar surface area (TPSA) is 46.5 Å². The zero-order valence-electron chi connectivity index (χ0n) is 16.3. The van der Waals surface area contributed by atoms with Gasteiger partial charge in [-0.1, -0.05) is 42.0 Å². The molecule has 3 aromatic rings. The number of amides is 2. The van der Waals surface area contributed by atoms with Crippen molar-refractivity contribution in [1.29, 1.82) is 0 Å². The average molecular weight is 375 g/mol. The third-order valence-electron chi connectivity index (χ3n) is 5.12. The van der Waals surface area contributed by atoms with Gasteiger partial charge in [-0.25, -0.2) is 4.79 Å². The van der Waals surface area contributed by atoms with Gasteiger partial charge in [0.05, 0.1) is 18.3 Å². The summed E-state index contributed by atoms with van der Waals surface area (Å²) in [5.74, 6) is 0.686. The largest absolute Gasteiger partial charge is 0.492 e. The highest BCUT2D eigenvalue weighted by Gasteiger charge is 2.32. The van der Waals surface area contributed by atoms with Gasteiger partial charge in [0.2, 0.25) is 0 Å². The molecule has 0 saturated carbocycles. The van der Waals surface area contributed by atoms with E-state index in [1.54, 1.807) is 0 Å². The Balaban J connectivity index is 1.65. The van der Waals surface area contributed by atoms with Crippen LogP contribution in [0.2, 0.25) is 0 Å². The van der Waals surface area contributed by atoms with Crippen LogP contribution in [0.3, 0.4) is 0 Å². The van der Waals surface area contributed by atoms with Crippen molar-refractivity contribution in [3.8, 4) is 5.75 Å². The number of fused-ring (bicyclic) bond motifs is 1. The first-order valence-corrected chi connectivity index (χ1v) is 9.68. The van der Waals surface area contributed by atoms with Gasteiger partial charge in [0, 0.05) is 25.0 Å².